The van der Waals surface area contributed by atoms with Gasteiger partial charge < -0.3 is 16.0 Å². The van der Waals surface area contributed by atoms with E-state index < -0.39 is 0 Å². The first-order chi connectivity index (χ1) is 12.6. The Morgan fingerprint density at radius 3 is 2.46 bits per heavy atom. The summed E-state index contributed by atoms with van der Waals surface area (Å²) < 4.78 is 0. The van der Waals surface area contributed by atoms with Gasteiger partial charge >= 0.3 is 0 Å². The highest BCUT2D eigenvalue weighted by Crippen LogP contribution is 2.32. The summed E-state index contributed by atoms with van der Waals surface area (Å²) in [7, 11) is 0. The Balaban J connectivity index is 1.84. The number of nitrogens with one attached hydrogen (secondary N) is 1. The summed E-state index contributed by atoms with van der Waals surface area (Å²) in [6.07, 6.45) is 1.56. The predicted octanol–water partition coefficient (Wildman–Crippen LogP) is 4.45. The number of hydrogen-bond donors (Lipinski definition) is 2. The van der Waals surface area contributed by atoms with Crippen molar-refractivity contribution in [2.75, 3.05) is 22.5 Å². The molecule has 0 saturated carbocycles. The van der Waals surface area contributed by atoms with Crippen LogP contribution in [0.1, 0.15) is 23.6 Å². The lowest BCUT2D eigenvalue weighted by Gasteiger charge is -2.24. The van der Waals surface area contributed by atoms with Crippen LogP contribution in [0.25, 0.3) is 0 Å². The van der Waals surface area contributed by atoms with Crippen molar-refractivity contribution in [1.82, 2.24) is 9.97 Å². The molecule has 1 heterocycles. The lowest BCUT2D eigenvalue weighted by atomic mass is 10.1. The molecule has 0 spiro atoms. The molecule has 0 unspecified atom stereocenters. The third-order valence-corrected chi connectivity index (χ3v) is 4.33. The van der Waals surface area contributed by atoms with Gasteiger partial charge in [0.15, 0.2) is 11.6 Å². The predicted molar refractivity (Wildman–Crippen MR) is 109 cm³/mol. The first-order valence-corrected chi connectivity index (χ1v) is 8.82. The van der Waals surface area contributed by atoms with Crippen LogP contribution in [0.3, 0.4) is 0 Å². The van der Waals surface area contributed by atoms with E-state index in [4.69, 9.17) is 5.73 Å². The van der Waals surface area contributed by atoms with E-state index in [0.717, 1.165) is 18.1 Å². The molecule has 26 heavy (non-hydrogen) atoms. The van der Waals surface area contributed by atoms with Gasteiger partial charge in [-0.15, -0.1) is 0 Å². The fourth-order valence-corrected chi connectivity index (χ4v) is 2.88. The van der Waals surface area contributed by atoms with E-state index >= 15 is 0 Å². The standard InChI is InChI=1S/C21H25N5/c1-4-26(18-7-5-6-16(3)12-18)21-19(22)20(24-14-25-21)23-13-17-10-8-15(2)9-11-17/h5-12,14H,4,13,22H2,1-3H3,(H,23,24,25). The monoisotopic (exact) mass is 347 g/mol. The van der Waals surface area contributed by atoms with Crippen molar-refractivity contribution < 1.29 is 0 Å². The summed E-state index contributed by atoms with van der Waals surface area (Å²) >= 11 is 0. The molecule has 0 radical (unpaired) electrons. The highest BCUT2D eigenvalue weighted by atomic mass is 15.2. The molecule has 0 aliphatic carbocycles. The first-order valence-electron chi connectivity index (χ1n) is 8.82. The molecule has 3 N–H and O–H groups in total. The summed E-state index contributed by atoms with van der Waals surface area (Å²) in [4.78, 5) is 10.9. The van der Waals surface area contributed by atoms with Crippen LogP contribution in [0.4, 0.5) is 23.0 Å². The van der Waals surface area contributed by atoms with Crippen molar-refractivity contribution in [3.8, 4) is 0 Å². The minimum absolute atomic E-state index is 0.558. The fraction of sp³-hybridized carbons (Fsp3) is 0.238. The fourth-order valence-electron chi connectivity index (χ4n) is 2.88. The summed E-state index contributed by atoms with van der Waals surface area (Å²) in [5.74, 6) is 1.38. The molecule has 0 aliphatic heterocycles. The SMILES string of the molecule is CCN(c1cccc(C)c1)c1ncnc(NCc2ccc(C)cc2)c1N. The Labute approximate surface area is 154 Å². The third-order valence-electron chi connectivity index (χ3n) is 4.33. The zero-order valence-corrected chi connectivity index (χ0v) is 15.5. The zero-order valence-electron chi connectivity index (χ0n) is 15.5. The average molecular weight is 347 g/mol. The molecular weight excluding hydrogens is 322 g/mol. The van der Waals surface area contributed by atoms with E-state index in [0.29, 0.717) is 18.1 Å². The second kappa shape index (κ2) is 7.87. The molecule has 0 saturated heterocycles. The molecule has 3 rings (SSSR count). The van der Waals surface area contributed by atoms with E-state index in [1.165, 1.54) is 16.7 Å². The van der Waals surface area contributed by atoms with Crippen molar-refractivity contribution in [2.24, 2.45) is 0 Å². The molecule has 0 atom stereocenters. The van der Waals surface area contributed by atoms with Gasteiger partial charge in [0.05, 0.1) is 0 Å². The second-order valence-corrected chi connectivity index (χ2v) is 6.38. The maximum absolute atomic E-state index is 6.39. The van der Waals surface area contributed by atoms with Gasteiger partial charge in [-0.2, -0.15) is 0 Å². The van der Waals surface area contributed by atoms with Crippen molar-refractivity contribution in [1.29, 1.82) is 0 Å². The normalized spacial score (nSPS) is 10.6. The Kier molecular flexibility index (Phi) is 5.37. The van der Waals surface area contributed by atoms with Crippen molar-refractivity contribution in [3.05, 3.63) is 71.5 Å². The number of aryl methyl sites for hydroxylation is 2. The molecule has 3 aromatic rings. The maximum Gasteiger partial charge on any atom is 0.161 e. The van der Waals surface area contributed by atoms with Crippen LogP contribution in [-0.2, 0) is 6.54 Å². The molecule has 134 valence electrons. The van der Waals surface area contributed by atoms with Crippen LogP contribution < -0.4 is 16.0 Å². The maximum atomic E-state index is 6.39. The number of nitrogens with two attached hydrogens (primary N) is 1. The minimum Gasteiger partial charge on any atom is -0.393 e. The Morgan fingerprint density at radius 1 is 1.00 bits per heavy atom. The lowest BCUT2D eigenvalue weighted by Crippen LogP contribution is -2.20. The van der Waals surface area contributed by atoms with Crippen LogP contribution in [0.5, 0.6) is 0 Å². The lowest BCUT2D eigenvalue weighted by molar-refractivity contribution is 0.974. The van der Waals surface area contributed by atoms with Gasteiger partial charge in [0.2, 0.25) is 0 Å². The summed E-state index contributed by atoms with van der Waals surface area (Å²) in [5.41, 5.74) is 11.7. The summed E-state index contributed by atoms with van der Waals surface area (Å²) in [5, 5.41) is 3.33. The molecule has 5 nitrogen and oxygen atoms in total. The Morgan fingerprint density at radius 2 is 1.77 bits per heavy atom. The number of nitrogens with zero attached hydrogens (tertiary/aromatic N) is 3. The van der Waals surface area contributed by atoms with Crippen LogP contribution >= 0.6 is 0 Å². The van der Waals surface area contributed by atoms with Gasteiger partial charge in [0, 0.05) is 18.8 Å². The quantitative estimate of drug-likeness (QED) is 0.690. The number of nitrogen functional groups attached to an aromatic ring is 1. The molecule has 5 heteroatoms. The van der Waals surface area contributed by atoms with E-state index in [-0.39, 0.29) is 0 Å². The zero-order chi connectivity index (χ0) is 18.5. The molecule has 0 amide bonds. The molecule has 0 bridgehead atoms. The van der Waals surface area contributed by atoms with Crippen LogP contribution in [0.2, 0.25) is 0 Å². The smallest absolute Gasteiger partial charge is 0.161 e. The first kappa shape index (κ1) is 17.7. The second-order valence-electron chi connectivity index (χ2n) is 6.38. The molecular formula is C21H25N5. The highest BCUT2D eigenvalue weighted by Gasteiger charge is 2.15. The topological polar surface area (TPSA) is 67.1 Å². The Hall–Kier alpha value is -3.08. The summed E-state index contributed by atoms with van der Waals surface area (Å²) in [6.45, 7) is 7.68. The van der Waals surface area contributed by atoms with Crippen LogP contribution in [-0.4, -0.2) is 16.5 Å². The highest BCUT2D eigenvalue weighted by molar-refractivity contribution is 5.79. The van der Waals surface area contributed by atoms with E-state index in [2.05, 4.69) is 83.4 Å². The molecule has 2 aromatic carbocycles. The number of anilines is 4. The number of aromatic nitrogens is 2. The van der Waals surface area contributed by atoms with Gasteiger partial charge in [0.1, 0.15) is 12.0 Å². The van der Waals surface area contributed by atoms with Gasteiger partial charge in [-0.25, -0.2) is 9.97 Å². The Bertz CT molecular complexity index is 874. The summed E-state index contributed by atoms with van der Waals surface area (Å²) in [6, 6.07) is 16.7. The number of rotatable bonds is 6. The minimum atomic E-state index is 0.558. The molecule has 1 aromatic heterocycles. The van der Waals surface area contributed by atoms with E-state index in [1.807, 2.05) is 6.07 Å². The number of benzene rings is 2. The van der Waals surface area contributed by atoms with Gasteiger partial charge in [-0.1, -0.05) is 42.0 Å². The van der Waals surface area contributed by atoms with Gasteiger partial charge in [-0.3, -0.25) is 0 Å². The van der Waals surface area contributed by atoms with Crippen molar-refractivity contribution in [2.45, 2.75) is 27.3 Å². The number of hydrogen-bond acceptors (Lipinski definition) is 5. The van der Waals surface area contributed by atoms with Gasteiger partial charge in [0.25, 0.3) is 0 Å². The largest absolute Gasteiger partial charge is 0.393 e. The van der Waals surface area contributed by atoms with Crippen molar-refractivity contribution >= 4 is 23.0 Å². The van der Waals surface area contributed by atoms with Crippen molar-refractivity contribution in [3.63, 3.8) is 0 Å². The third kappa shape index (κ3) is 3.94. The van der Waals surface area contributed by atoms with E-state index in [1.54, 1.807) is 6.33 Å². The van der Waals surface area contributed by atoms with Gasteiger partial charge in [-0.05, 0) is 44.0 Å². The molecule has 0 aliphatic rings. The van der Waals surface area contributed by atoms with E-state index in [9.17, 15) is 0 Å². The van der Waals surface area contributed by atoms with Crippen LogP contribution in [0, 0.1) is 13.8 Å². The molecule has 0 fully saturated rings. The average Bonchev–Trinajstić information content (AvgIpc) is 2.64. The van der Waals surface area contributed by atoms with Crippen LogP contribution in [0.15, 0.2) is 54.9 Å².